The highest BCUT2D eigenvalue weighted by molar-refractivity contribution is 7.14. The summed E-state index contributed by atoms with van der Waals surface area (Å²) in [6.45, 7) is 2.28. The van der Waals surface area contributed by atoms with E-state index in [1.54, 1.807) is 17.9 Å². The van der Waals surface area contributed by atoms with Gasteiger partial charge in [-0.3, -0.25) is 9.69 Å². The van der Waals surface area contributed by atoms with E-state index in [9.17, 15) is 4.79 Å². The predicted molar refractivity (Wildman–Crippen MR) is 111 cm³/mol. The maximum atomic E-state index is 13.1. The summed E-state index contributed by atoms with van der Waals surface area (Å²) >= 11 is 1.45. The van der Waals surface area contributed by atoms with E-state index in [0.29, 0.717) is 23.1 Å². The molecule has 28 heavy (non-hydrogen) atoms. The third kappa shape index (κ3) is 4.02. The van der Waals surface area contributed by atoms with Crippen LogP contribution in [0.2, 0.25) is 0 Å². The molecule has 4 rings (SSSR count). The Morgan fingerprint density at radius 2 is 1.79 bits per heavy atom. The molecule has 0 fully saturated rings. The summed E-state index contributed by atoms with van der Waals surface area (Å²) in [6.07, 6.45) is 0.726. The summed E-state index contributed by atoms with van der Waals surface area (Å²) < 4.78 is 5.09. The molecule has 4 aromatic rings. The van der Waals surface area contributed by atoms with Crippen LogP contribution in [-0.2, 0) is 6.42 Å². The first-order valence-corrected chi connectivity index (χ1v) is 9.89. The maximum absolute atomic E-state index is 13.1. The van der Waals surface area contributed by atoms with Gasteiger partial charge in [-0.2, -0.15) is 0 Å². The zero-order valence-electron chi connectivity index (χ0n) is 15.4. The number of aromatic nitrogens is 2. The lowest BCUT2D eigenvalue weighted by molar-refractivity contribution is 0.0978. The molecule has 2 aromatic heterocycles. The number of hydrogen-bond donors (Lipinski definition) is 0. The Kier molecular flexibility index (Phi) is 5.30. The molecule has 0 aliphatic heterocycles. The summed E-state index contributed by atoms with van der Waals surface area (Å²) in [5, 5.41) is 6.52. The van der Waals surface area contributed by atoms with E-state index in [1.807, 2.05) is 53.9 Å². The standard InChI is InChI=1S/C22H19N3O2S/c1-16-14-19(24-27-16)21(26)25(13-12-17-8-4-2-5-9-17)22-23-20(15-28-22)18-10-6-3-7-11-18/h2-11,14-15H,12-13H2,1H3. The monoisotopic (exact) mass is 389 g/mol. The van der Waals surface area contributed by atoms with Crippen LogP contribution in [0.25, 0.3) is 11.3 Å². The van der Waals surface area contributed by atoms with Crippen LogP contribution in [0.4, 0.5) is 5.13 Å². The molecule has 0 atom stereocenters. The summed E-state index contributed by atoms with van der Waals surface area (Å²) in [6, 6.07) is 21.7. The first kappa shape index (κ1) is 18.1. The van der Waals surface area contributed by atoms with Crippen LogP contribution >= 0.6 is 11.3 Å². The van der Waals surface area contributed by atoms with Crippen molar-refractivity contribution >= 4 is 22.4 Å². The van der Waals surface area contributed by atoms with E-state index in [0.717, 1.165) is 23.2 Å². The Labute approximate surface area is 167 Å². The minimum Gasteiger partial charge on any atom is -0.361 e. The number of aryl methyl sites for hydroxylation is 1. The molecule has 0 aliphatic carbocycles. The van der Waals surface area contributed by atoms with Gasteiger partial charge >= 0.3 is 0 Å². The first-order chi connectivity index (χ1) is 13.7. The summed E-state index contributed by atoms with van der Waals surface area (Å²) in [5.41, 5.74) is 3.34. The van der Waals surface area contributed by atoms with Gasteiger partial charge in [-0.15, -0.1) is 11.3 Å². The smallest absolute Gasteiger partial charge is 0.282 e. The molecule has 0 saturated carbocycles. The van der Waals surface area contributed by atoms with Gasteiger partial charge in [0.2, 0.25) is 0 Å². The number of rotatable bonds is 6. The van der Waals surface area contributed by atoms with Crippen LogP contribution in [0, 0.1) is 6.92 Å². The average Bonchev–Trinajstić information content (AvgIpc) is 3.39. The lowest BCUT2D eigenvalue weighted by Crippen LogP contribution is -2.33. The Balaban J connectivity index is 1.62. The minimum atomic E-state index is -0.207. The molecule has 2 aromatic carbocycles. The minimum absolute atomic E-state index is 0.207. The number of thiazole rings is 1. The van der Waals surface area contributed by atoms with E-state index >= 15 is 0 Å². The second kappa shape index (κ2) is 8.19. The summed E-state index contributed by atoms with van der Waals surface area (Å²) in [4.78, 5) is 19.5. The molecule has 0 radical (unpaired) electrons. The fourth-order valence-corrected chi connectivity index (χ4v) is 3.76. The Hall–Kier alpha value is -3.25. The molecule has 2 heterocycles. The van der Waals surface area contributed by atoms with Gasteiger partial charge in [-0.1, -0.05) is 65.8 Å². The second-order valence-corrected chi connectivity index (χ2v) is 7.23. The van der Waals surface area contributed by atoms with Crippen molar-refractivity contribution in [3.8, 4) is 11.3 Å². The SMILES string of the molecule is Cc1cc(C(=O)N(CCc2ccccc2)c2nc(-c3ccccc3)cs2)no1. The summed E-state index contributed by atoms with van der Waals surface area (Å²) in [5.74, 6) is 0.400. The van der Waals surface area contributed by atoms with Gasteiger partial charge in [-0.05, 0) is 18.9 Å². The second-order valence-electron chi connectivity index (χ2n) is 6.40. The number of carbonyl (C=O) groups excluding carboxylic acids is 1. The fraction of sp³-hybridized carbons (Fsp3) is 0.136. The number of hydrogen-bond acceptors (Lipinski definition) is 5. The number of carbonyl (C=O) groups is 1. The highest BCUT2D eigenvalue weighted by Crippen LogP contribution is 2.28. The third-order valence-corrected chi connectivity index (χ3v) is 5.22. The van der Waals surface area contributed by atoms with Crippen molar-refractivity contribution in [3.63, 3.8) is 0 Å². The van der Waals surface area contributed by atoms with Gasteiger partial charge in [0.05, 0.1) is 5.69 Å². The van der Waals surface area contributed by atoms with Crippen molar-refractivity contribution in [1.82, 2.24) is 10.1 Å². The lowest BCUT2D eigenvalue weighted by atomic mass is 10.1. The van der Waals surface area contributed by atoms with E-state index < -0.39 is 0 Å². The van der Waals surface area contributed by atoms with Crippen LogP contribution in [-0.4, -0.2) is 22.6 Å². The number of benzene rings is 2. The van der Waals surface area contributed by atoms with Gasteiger partial charge in [0.1, 0.15) is 5.76 Å². The predicted octanol–water partition coefficient (Wildman–Crippen LogP) is 5.00. The van der Waals surface area contributed by atoms with Gasteiger partial charge in [0.15, 0.2) is 10.8 Å². The molecular formula is C22H19N3O2S. The normalized spacial score (nSPS) is 10.8. The maximum Gasteiger partial charge on any atom is 0.282 e. The summed E-state index contributed by atoms with van der Waals surface area (Å²) in [7, 11) is 0. The van der Waals surface area contributed by atoms with E-state index in [1.165, 1.54) is 11.3 Å². The van der Waals surface area contributed by atoms with E-state index in [-0.39, 0.29) is 5.91 Å². The van der Waals surface area contributed by atoms with Crippen LogP contribution in [0.3, 0.4) is 0 Å². The molecule has 140 valence electrons. The van der Waals surface area contributed by atoms with Gasteiger partial charge in [0, 0.05) is 23.6 Å². The van der Waals surface area contributed by atoms with Gasteiger partial charge in [-0.25, -0.2) is 4.98 Å². The highest BCUT2D eigenvalue weighted by atomic mass is 32.1. The van der Waals surface area contributed by atoms with Gasteiger partial charge in [0.25, 0.3) is 5.91 Å². The largest absolute Gasteiger partial charge is 0.361 e. The third-order valence-electron chi connectivity index (χ3n) is 4.35. The van der Waals surface area contributed by atoms with Crippen molar-refractivity contribution < 1.29 is 9.32 Å². The molecular weight excluding hydrogens is 370 g/mol. The zero-order chi connectivity index (χ0) is 19.3. The van der Waals surface area contributed by atoms with Crippen LogP contribution in [0.5, 0.6) is 0 Å². The van der Waals surface area contributed by atoms with Gasteiger partial charge < -0.3 is 4.52 Å². The zero-order valence-corrected chi connectivity index (χ0v) is 16.2. The number of amides is 1. The molecule has 0 spiro atoms. The fourth-order valence-electron chi connectivity index (χ4n) is 2.90. The van der Waals surface area contributed by atoms with Crippen molar-refractivity contribution in [3.05, 3.63) is 89.1 Å². The number of nitrogens with zero attached hydrogens (tertiary/aromatic N) is 3. The van der Waals surface area contributed by atoms with Crippen LogP contribution in [0.1, 0.15) is 21.8 Å². The average molecular weight is 389 g/mol. The van der Waals surface area contributed by atoms with Crippen LogP contribution in [0.15, 0.2) is 76.6 Å². The molecule has 6 heteroatoms. The number of anilines is 1. The molecule has 0 unspecified atom stereocenters. The Morgan fingerprint density at radius 3 is 2.46 bits per heavy atom. The van der Waals surface area contributed by atoms with Crippen LogP contribution < -0.4 is 4.90 Å². The van der Waals surface area contributed by atoms with E-state index in [2.05, 4.69) is 17.3 Å². The van der Waals surface area contributed by atoms with Crippen molar-refractivity contribution in [2.45, 2.75) is 13.3 Å². The lowest BCUT2D eigenvalue weighted by Gasteiger charge is -2.18. The Bertz CT molecular complexity index is 1060. The highest BCUT2D eigenvalue weighted by Gasteiger charge is 2.23. The van der Waals surface area contributed by atoms with Crippen molar-refractivity contribution in [2.75, 3.05) is 11.4 Å². The molecule has 0 saturated heterocycles. The molecule has 0 bridgehead atoms. The quantitative estimate of drug-likeness (QED) is 0.466. The van der Waals surface area contributed by atoms with E-state index in [4.69, 9.17) is 9.51 Å². The Morgan fingerprint density at radius 1 is 1.07 bits per heavy atom. The first-order valence-electron chi connectivity index (χ1n) is 9.01. The molecule has 0 aliphatic rings. The van der Waals surface area contributed by atoms with Crippen molar-refractivity contribution in [1.29, 1.82) is 0 Å². The topological polar surface area (TPSA) is 59.2 Å². The van der Waals surface area contributed by atoms with Crippen molar-refractivity contribution in [2.24, 2.45) is 0 Å². The molecule has 5 nitrogen and oxygen atoms in total. The molecule has 1 amide bonds. The molecule has 0 N–H and O–H groups in total.